The van der Waals surface area contributed by atoms with Crippen LogP contribution in [0.25, 0.3) is 0 Å². The molecule has 0 fully saturated rings. The Bertz CT molecular complexity index is 709. The fourth-order valence-corrected chi connectivity index (χ4v) is 2.43. The lowest BCUT2D eigenvalue weighted by Gasteiger charge is -2.06. The summed E-state index contributed by atoms with van der Waals surface area (Å²) in [6.07, 6.45) is 11.6. The second-order valence-electron chi connectivity index (χ2n) is 6.71. The number of hydrogen-bond donors (Lipinski definition) is 1. The number of allylic oxidation sites excluding steroid dienone is 3. The van der Waals surface area contributed by atoms with Gasteiger partial charge in [-0.2, -0.15) is 0 Å². The van der Waals surface area contributed by atoms with Gasteiger partial charge in [0.05, 0.1) is 6.54 Å². The number of benzene rings is 1. The third-order valence-corrected chi connectivity index (χ3v) is 4.15. The molecule has 0 unspecified atom stereocenters. The number of nitrogens with zero attached hydrogens (tertiary/aromatic N) is 1. The van der Waals surface area contributed by atoms with E-state index in [-0.39, 0.29) is 11.7 Å². The van der Waals surface area contributed by atoms with Crippen LogP contribution in [0.5, 0.6) is 0 Å². The summed E-state index contributed by atoms with van der Waals surface area (Å²) in [5.41, 5.74) is 3.61. The number of anilines is 1. The Morgan fingerprint density at radius 2 is 1.79 bits per heavy atom. The van der Waals surface area contributed by atoms with Gasteiger partial charge in [-0.3, -0.25) is 9.79 Å². The molecular weight excluding hydrogens is 363 g/mol. The molecule has 0 spiro atoms. The molecule has 3 nitrogen and oxygen atoms in total. The van der Waals surface area contributed by atoms with Crippen LogP contribution in [-0.2, 0) is 11.2 Å². The van der Waals surface area contributed by atoms with Crippen molar-refractivity contribution >= 4 is 17.8 Å². The molecule has 0 heterocycles. The average Bonchev–Trinajstić information content (AvgIpc) is 2.71. The maximum Gasteiger partial charge on any atom is 0.250 e. The van der Waals surface area contributed by atoms with Crippen LogP contribution in [0.3, 0.4) is 0 Å². The van der Waals surface area contributed by atoms with Crippen LogP contribution in [0, 0.1) is 0 Å². The van der Waals surface area contributed by atoms with E-state index in [0.717, 1.165) is 24.1 Å². The first kappa shape index (κ1) is 26.5. The standard InChI is InChI=1S/C16H23NO.C9H14FN/c1-4-6-8-14-9-11-15(12-10-14)17-16(18)13(3)7-5-2;1-4-6-9(8(3)10)7-11-5-2/h7,9-12H,4-6,8H2,1-3H3,(H,17,18);4-6H,7H2,1-3H3/b13-7+;6-4-,9-8-,11-5?. The molecule has 160 valence electrons. The van der Waals surface area contributed by atoms with E-state index >= 15 is 0 Å². The lowest BCUT2D eigenvalue weighted by molar-refractivity contribution is -0.112. The van der Waals surface area contributed by atoms with Gasteiger partial charge in [-0.05, 0) is 70.9 Å². The topological polar surface area (TPSA) is 41.5 Å². The molecule has 1 aromatic carbocycles. The molecule has 1 aromatic rings. The molecule has 0 saturated heterocycles. The normalized spacial score (nSPS) is 12.6. The molecular formula is C25H37FN2O. The summed E-state index contributed by atoms with van der Waals surface area (Å²) in [5.74, 6) is -0.174. The first-order valence-electron chi connectivity index (χ1n) is 10.4. The molecule has 0 aromatic heterocycles. The van der Waals surface area contributed by atoms with E-state index in [4.69, 9.17) is 0 Å². The minimum atomic E-state index is -0.159. The fourth-order valence-electron chi connectivity index (χ4n) is 2.43. The van der Waals surface area contributed by atoms with Gasteiger partial charge in [-0.25, -0.2) is 4.39 Å². The Morgan fingerprint density at radius 1 is 1.14 bits per heavy atom. The Labute approximate surface area is 176 Å². The molecule has 4 heteroatoms. The highest BCUT2D eigenvalue weighted by Gasteiger charge is 2.03. The minimum absolute atomic E-state index is 0.0156. The highest BCUT2D eigenvalue weighted by molar-refractivity contribution is 6.03. The van der Waals surface area contributed by atoms with Crippen molar-refractivity contribution in [3.63, 3.8) is 0 Å². The third-order valence-electron chi connectivity index (χ3n) is 4.15. The number of halogens is 1. The summed E-state index contributed by atoms with van der Waals surface area (Å²) in [7, 11) is 0. The molecule has 0 aliphatic rings. The van der Waals surface area contributed by atoms with E-state index < -0.39 is 0 Å². The van der Waals surface area contributed by atoms with Crippen molar-refractivity contribution < 1.29 is 9.18 Å². The van der Waals surface area contributed by atoms with E-state index in [1.54, 1.807) is 12.3 Å². The minimum Gasteiger partial charge on any atom is -0.322 e. The molecule has 0 atom stereocenters. The number of carbonyl (C=O) groups is 1. The van der Waals surface area contributed by atoms with E-state index in [9.17, 15) is 9.18 Å². The van der Waals surface area contributed by atoms with Gasteiger partial charge < -0.3 is 5.32 Å². The van der Waals surface area contributed by atoms with Gasteiger partial charge in [0, 0.05) is 16.8 Å². The van der Waals surface area contributed by atoms with E-state index in [2.05, 4.69) is 29.4 Å². The molecule has 0 bridgehead atoms. The maximum absolute atomic E-state index is 12.6. The SMILES string of the molecule is CC/C=C(\C)C(=O)Nc1ccc(CCCC)cc1.CC=NCC(/C=C\C)=C(/C)F. The monoisotopic (exact) mass is 400 g/mol. The van der Waals surface area contributed by atoms with Gasteiger partial charge in [-0.1, -0.05) is 50.6 Å². The summed E-state index contributed by atoms with van der Waals surface area (Å²) in [4.78, 5) is 15.7. The van der Waals surface area contributed by atoms with E-state index in [1.807, 2.05) is 52.0 Å². The molecule has 29 heavy (non-hydrogen) atoms. The zero-order chi connectivity index (χ0) is 22.1. The number of aliphatic imine (C=N–C) groups is 1. The van der Waals surface area contributed by atoms with Crippen molar-refractivity contribution in [1.29, 1.82) is 0 Å². The lowest BCUT2D eigenvalue weighted by Crippen LogP contribution is -2.12. The highest BCUT2D eigenvalue weighted by atomic mass is 19.1. The molecule has 1 N–H and O–H groups in total. The first-order valence-corrected chi connectivity index (χ1v) is 10.4. The van der Waals surface area contributed by atoms with Crippen molar-refractivity contribution in [3.05, 3.63) is 65.0 Å². The molecule has 1 amide bonds. The second-order valence-corrected chi connectivity index (χ2v) is 6.71. The van der Waals surface area contributed by atoms with Crippen LogP contribution >= 0.6 is 0 Å². The number of aryl methyl sites for hydroxylation is 1. The Kier molecular flexibility index (Phi) is 15.0. The molecule has 1 rings (SSSR count). The summed E-state index contributed by atoms with van der Waals surface area (Å²) in [5, 5.41) is 2.90. The Morgan fingerprint density at radius 3 is 2.28 bits per heavy atom. The van der Waals surface area contributed by atoms with Gasteiger partial charge in [0.15, 0.2) is 0 Å². The predicted octanol–water partition coefficient (Wildman–Crippen LogP) is 7.22. The van der Waals surface area contributed by atoms with Crippen molar-refractivity contribution in [2.75, 3.05) is 11.9 Å². The van der Waals surface area contributed by atoms with E-state index in [1.165, 1.54) is 25.3 Å². The number of carbonyl (C=O) groups excluding carboxylic acids is 1. The van der Waals surface area contributed by atoms with E-state index in [0.29, 0.717) is 12.1 Å². The molecule has 0 radical (unpaired) electrons. The van der Waals surface area contributed by atoms with Crippen molar-refractivity contribution in [3.8, 4) is 0 Å². The van der Waals surface area contributed by atoms with Crippen molar-refractivity contribution in [1.82, 2.24) is 0 Å². The quantitative estimate of drug-likeness (QED) is 0.265. The zero-order valence-corrected chi connectivity index (χ0v) is 18.9. The number of nitrogens with one attached hydrogen (secondary N) is 1. The molecule has 0 aliphatic carbocycles. The Hall–Kier alpha value is -2.49. The molecule has 0 saturated carbocycles. The summed E-state index contributed by atoms with van der Waals surface area (Å²) in [6, 6.07) is 8.12. The largest absolute Gasteiger partial charge is 0.322 e. The molecule has 0 aliphatic heterocycles. The lowest BCUT2D eigenvalue weighted by atomic mass is 10.1. The van der Waals surface area contributed by atoms with Gasteiger partial charge in [0.1, 0.15) is 5.83 Å². The number of amides is 1. The van der Waals surface area contributed by atoms with Gasteiger partial charge in [0.2, 0.25) is 0 Å². The van der Waals surface area contributed by atoms with Gasteiger partial charge in [0.25, 0.3) is 5.91 Å². The number of rotatable bonds is 9. The van der Waals surface area contributed by atoms with Crippen molar-refractivity contribution in [2.45, 2.75) is 67.2 Å². The fraction of sp³-hybridized carbons (Fsp3) is 0.440. The van der Waals surface area contributed by atoms with Crippen LogP contribution in [-0.4, -0.2) is 18.7 Å². The van der Waals surface area contributed by atoms with Gasteiger partial charge in [-0.15, -0.1) is 0 Å². The van der Waals surface area contributed by atoms with Crippen molar-refractivity contribution in [2.24, 2.45) is 4.99 Å². The summed E-state index contributed by atoms with van der Waals surface area (Å²) >= 11 is 0. The van der Waals surface area contributed by atoms with Gasteiger partial charge >= 0.3 is 0 Å². The summed E-state index contributed by atoms with van der Waals surface area (Å²) in [6.45, 7) is 11.6. The van der Waals surface area contributed by atoms with Crippen LogP contribution in [0.4, 0.5) is 10.1 Å². The average molecular weight is 401 g/mol. The first-order chi connectivity index (χ1) is 13.9. The number of hydrogen-bond acceptors (Lipinski definition) is 2. The number of unbranched alkanes of at least 4 members (excludes halogenated alkanes) is 1. The van der Waals surface area contributed by atoms with Crippen LogP contribution in [0.1, 0.15) is 66.4 Å². The maximum atomic E-state index is 12.6. The predicted molar refractivity (Wildman–Crippen MR) is 125 cm³/mol. The van der Waals surface area contributed by atoms with Crippen LogP contribution in [0.15, 0.2) is 64.5 Å². The summed E-state index contributed by atoms with van der Waals surface area (Å²) < 4.78 is 12.6. The Balaban J connectivity index is 0.000000614. The van der Waals surface area contributed by atoms with Crippen LogP contribution < -0.4 is 5.32 Å². The third kappa shape index (κ3) is 12.6. The zero-order valence-electron chi connectivity index (χ0n) is 18.9. The van der Waals surface area contributed by atoms with Crippen LogP contribution in [0.2, 0.25) is 0 Å². The smallest absolute Gasteiger partial charge is 0.250 e. The second kappa shape index (κ2) is 16.5. The highest BCUT2D eigenvalue weighted by Crippen LogP contribution is 2.13.